The van der Waals surface area contributed by atoms with E-state index in [1.54, 1.807) is 0 Å². The average molecular weight is 234 g/mol. The number of imidazole rings is 1. The van der Waals surface area contributed by atoms with Gasteiger partial charge in [-0.25, -0.2) is 4.98 Å². The van der Waals surface area contributed by atoms with Crippen LogP contribution < -0.4 is 0 Å². The molecule has 0 N–H and O–H groups in total. The molecule has 0 fully saturated rings. The van der Waals surface area contributed by atoms with Crippen molar-refractivity contribution in [3.63, 3.8) is 0 Å². The van der Waals surface area contributed by atoms with Crippen molar-refractivity contribution in [3.8, 4) is 16.8 Å². The van der Waals surface area contributed by atoms with E-state index in [1.807, 2.05) is 18.6 Å². The molecule has 0 radical (unpaired) electrons. The molecule has 3 rings (SSSR count). The molecule has 1 aromatic heterocycles. The molecular formula is C16H14N2. The van der Waals surface area contributed by atoms with Gasteiger partial charge in [-0.15, -0.1) is 0 Å². The Kier molecular flexibility index (Phi) is 2.69. The Balaban J connectivity index is 1.97. The smallest absolute Gasteiger partial charge is 0.0994 e. The SMILES string of the molecule is Cc1cncn1-c1ccc(-c2ccccc2)cc1. The number of aryl methyl sites for hydroxylation is 1. The lowest BCUT2D eigenvalue weighted by Gasteiger charge is -2.06. The number of hydrogen-bond donors (Lipinski definition) is 0. The molecule has 0 amide bonds. The summed E-state index contributed by atoms with van der Waals surface area (Å²) >= 11 is 0. The van der Waals surface area contributed by atoms with Gasteiger partial charge in [0.05, 0.1) is 6.33 Å². The lowest BCUT2D eigenvalue weighted by molar-refractivity contribution is 1.00. The minimum Gasteiger partial charge on any atom is -0.304 e. The van der Waals surface area contributed by atoms with E-state index >= 15 is 0 Å². The molecule has 0 saturated heterocycles. The first kappa shape index (κ1) is 10.8. The van der Waals surface area contributed by atoms with Gasteiger partial charge < -0.3 is 4.57 Å². The third-order valence-corrected chi connectivity index (χ3v) is 3.08. The first-order chi connectivity index (χ1) is 8.84. The van der Waals surface area contributed by atoms with Gasteiger partial charge in [-0.1, -0.05) is 42.5 Å². The van der Waals surface area contributed by atoms with E-state index < -0.39 is 0 Å². The molecule has 0 unspecified atom stereocenters. The van der Waals surface area contributed by atoms with Crippen LogP contribution in [0.15, 0.2) is 67.1 Å². The van der Waals surface area contributed by atoms with Crippen LogP contribution in [0.2, 0.25) is 0 Å². The highest BCUT2D eigenvalue weighted by atomic mass is 15.0. The second-order valence-corrected chi connectivity index (χ2v) is 4.32. The summed E-state index contributed by atoms with van der Waals surface area (Å²) in [7, 11) is 0. The van der Waals surface area contributed by atoms with Gasteiger partial charge in [0.25, 0.3) is 0 Å². The van der Waals surface area contributed by atoms with Gasteiger partial charge in [-0.05, 0) is 30.2 Å². The zero-order chi connectivity index (χ0) is 12.4. The fraction of sp³-hybridized carbons (Fsp3) is 0.0625. The van der Waals surface area contributed by atoms with Crippen LogP contribution in [0.5, 0.6) is 0 Å². The summed E-state index contributed by atoms with van der Waals surface area (Å²) in [4.78, 5) is 4.14. The van der Waals surface area contributed by atoms with Crippen LogP contribution in [-0.4, -0.2) is 9.55 Å². The highest BCUT2D eigenvalue weighted by Gasteiger charge is 2.01. The number of hydrogen-bond acceptors (Lipinski definition) is 1. The summed E-state index contributed by atoms with van der Waals surface area (Å²) in [6.45, 7) is 2.05. The van der Waals surface area contributed by atoms with E-state index in [0.29, 0.717) is 0 Å². The summed E-state index contributed by atoms with van der Waals surface area (Å²) in [6, 6.07) is 18.9. The van der Waals surface area contributed by atoms with Crippen LogP contribution in [0.25, 0.3) is 16.8 Å². The van der Waals surface area contributed by atoms with E-state index in [-0.39, 0.29) is 0 Å². The maximum Gasteiger partial charge on any atom is 0.0994 e. The van der Waals surface area contributed by atoms with Crippen LogP contribution in [0.3, 0.4) is 0 Å². The van der Waals surface area contributed by atoms with Gasteiger partial charge in [0.2, 0.25) is 0 Å². The van der Waals surface area contributed by atoms with Crippen molar-refractivity contribution in [1.82, 2.24) is 9.55 Å². The maximum absolute atomic E-state index is 4.14. The van der Waals surface area contributed by atoms with Crippen molar-refractivity contribution >= 4 is 0 Å². The molecule has 0 aliphatic heterocycles. The summed E-state index contributed by atoms with van der Waals surface area (Å²) in [5.74, 6) is 0. The van der Waals surface area contributed by atoms with Crippen LogP contribution in [-0.2, 0) is 0 Å². The normalized spacial score (nSPS) is 10.5. The summed E-state index contributed by atoms with van der Waals surface area (Å²) in [5.41, 5.74) is 4.76. The molecule has 3 aromatic rings. The Morgan fingerprint density at radius 2 is 1.50 bits per heavy atom. The molecule has 0 atom stereocenters. The highest BCUT2D eigenvalue weighted by Crippen LogP contribution is 2.21. The van der Waals surface area contributed by atoms with Crippen molar-refractivity contribution < 1.29 is 0 Å². The molecule has 2 aromatic carbocycles. The van der Waals surface area contributed by atoms with Crippen molar-refractivity contribution in [1.29, 1.82) is 0 Å². The molecule has 1 heterocycles. The fourth-order valence-corrected chi connectivity index (χ4v) is 2.08. The Morgan fingerprint density at radius 3 is 2.11 bits per heavy atom. The largest absolute Gasteiger partial charge is 0.304 e. The van der Waals surface area contributed by atoms with Crippen LogP contribution in [0, 0.1) is 6.92 Å². The third kappa shape index (κ3) is 1.93. The predicted molar refractivity (Wildman–Crippen MR) is 73.7 cm³/mol. The molecule has 2 nitrogen and oxygen atoms in total. The quantitative estimate of drug-likeness (QED) is 0.658. The van der Waals surface area contributed by atoms with Crippen LogP contribution in [0.4, 0.5) is 0 Å². The van der Waals surface area contributed by atoms with E-state index in [4.69, 9.17) is 0 Å². The van der Waals surface area contributed by atoms with Gasteiger partial charge in [0.15, 0.2) is 0 Å². The van der Waals surface area contributed by atoms with Crippen LogP contribution >= 0.6 is 0 Å². The maximum atomic E-state index is 4.14. The molecule has 2 heteroatoms. The number of rotatable bonds is 2. The highest BCUT2D eigenvalue weighted by molar-refractivity contribution is 5.64. The Hall–Kier alpha value is -2.35. The second-order valence-electron chi connectivity index (χ2n) is 4.32. The zero-order valence-corrected chi connectivity index (χ0v) is 10.2. The summed E-state index contributed by atoms with van der Waals surface area (Å²) < 4.78 is 2.08. The number of benzene rings is 2. The molecule has 0 spiro atoms. The molecule has 0 saturated carbocycles. The Morgan fingerprint density at radius 1 is 0.833 bits per heavy atom. The molecule has 0 aliphatic carbocycles. The Bertz CT molecular complexity index is 636. The van der Waals surface area contributed by atoms with E-state index in [1.165, 1.54) is 11.1 Å². The fourth-order valence-electron chi connectivity index (χ4n) is 2.08. The minimum atomic E-state index is 1.14. The van der Waals surface area contributed by atoms with Gasteiger partial charge in [0.1, 0.15) is 0 Å². The molecule has 18 heavy (non-hydrogen) atoms. The standard InChI is InChI=1S/C16H14N2/c1-13-11-17-12-18(13)16-9-7-15(8-10-16)14-5-3-2-4-6-14/h2-12H,1H3. The van der Waals surface area contributed by atoms with E-state index in [9.17, 15) is 0 Å². The third-order valence-electron chi connectivity index (χ3n) is 3.08. The summed E-state index contributed by atoms with van der Waals surface area (Å²) in [6.07, 6.45) is 3.71. The van der Waals surface area contributed by atoms with E-state index in [0.717, 1.165) is 11.4 Å². The second kappa shape index (κ2) is 4.49. The molecule has 0 bridgehead atoms. The predicted octanol–water partition coefficient (Wildman–Crippen LogP) is 3.85. The van der Waals surface area contributed by atoms with Gasteiger partial charge in [-0.3, -0.25) is 0 Å². The first-order valence-corrected chi connectivity index (χ1v) is 5.99. The Labute approximate surface area is 107 Å². The van der Waals surface area contributed by atoms with Gasteiger partial charge >= 0.3 is 0 Å². The molecular weight excluding hydrogens is 220 g/mol. The summed E-state index contributed by atoms with van der Waals surface area (Å²) in [5, 5.41) is 0. The number of aromatic nitrogens is 2. The van der Waals surface area contributed by atoms with Crippen molar-refractivity contribution in [2.45, 2.75) is 6.92 Å². The average Bonchev–Trinajstić information content (AvgIpc) is 2.86. The number of nitrogens with zero attached hydrogens (tertiary/aromatic N) is 2. The van der Waals surface area contributed by atoms with Gasteiger partial charge in [-0.2, -0.15) is 0 Å². The van der Waals surface area contributed by atoms with E-state index in [2.05, 4.69) is 65.0 Å². The lowest BCUT2D eigenvalue weighted by atomic mass is 10.1. The van der Waals surface area contributed by atoms with Crippen molar-refractivity contribution in [2.24, 2.45) is 0 Å². The first-order valence-electron chi connectivity index (χ1n) is 5.99. The topological polar surface area (TPSA) is 17.8 Å². The monoisotopic (exact) mass is 234 g/mol. The van der Waals surface area contributed by atoms with Crippen molar-refractivity contribution in [3.05, 3.63) is 72.8 Å². The lowest BCUT2D eigenvalue weighted by Crippen LogP contribution is -1.93. The van der Waals surface area contributed by atoms with Crippen molar-refractivity contribution in [2.75, 3.05) is 0 Å². The van der Waals surface area contributed by atoms with Gasteiger partial charge in [0, 0.05) is 17.6 Å². The minimum absolute atomic E-state index is 1.14. The molecule has 0 aliphatic rings. The molecule has 88 valence electrons. The zero-order valence-electron chi connectivity index (χ0n) is 10.2. The van der Waals surface area contributed by atoms with Crippen LogP contribution in [0.1, 0.15) is 5.69 Å².